The Morgan fingerprint density at radius 1 is 1.04 bits per heavy atom. The normalized spacial score (nSPS) is 10.6. The molecular weight excluding hydrogens is 342 g/mol. The van der Waals surface area contributed by atoms with Crippen LogP contribution in [-0.4, -0.2) is 37.0 Å². The van der Waals surface area contributed by atoms with Gasteiger partial charge in [-0.25, -0.2) is 4.68 Å². The molecule has 0 saturated carbocycles. The van der Waals surface area contributed by atoms with Crippen molar-refractivity contribution in [3.63, 3.8) is 0 Å². The number of carbonyl (C=O) groups excluding carboxylic acids is 1. The van der Waals surface area contributed by atoms with E-state index < -0.39 is 0 Å². The van der Waals surface area contributed by atoms with Crippen LogP contribution in [0.2, 0.25) is 0 Å². The standard InChI is InChI=1S/C21H23N3O3/c1-13-8-6-9-16(14(13)2)24-17(12-15(23-24)21(25)22-3)20-18(26-4)10-7-11-19(20)27-5/h6-12H,1-5H3,(H,22,25). The lowest BCUT2D eigenvalue weighted by atomic mass is 10.1. The van der Waals surface area contributed by atoms with Crippen LogP contribution in [-0.2, 0) is 0 Å². The molecule has 0 radical (unpaired) electrons. The molecule has 6 heteroatoms. The lowest BCUT2D eigenvalue weighted by Gasteiger charge is -2.16. The predicted molar refractivity (Wildman–Crippen MR) is 105 cm³/mol. The summed E-state index contributed by atoms with van der Waals surface area (Å²) in [6, 6.07) is 13.3. The van der Waals surface area contributed by atoms with Gasteiger partial charge < -0.3 is 14.8 Å². The van der Waals surface area contributed by atoms with Crippen LogP contribution < -0.4 is 14.8 Å². The minimum atomic E-state index is -0.255. The summed E-state index contributed by atoms with van der Waals surface area (Å²) < 4.78 is 12.9. The highest BCUT2D eigenvalue weighted by molar-refractivity contribution is 5.94. The van der Waals surface area contributed by atoms with E-state index in [1.807, 2.05) is 50.2 Å². The largest absolute Gasteiger partial charge is 0.496 e. The highest BCUT2D eigenvalue weighted by Gasteiger charge is 2.22. The van der Waals surface area contributed by atoms with Crippen molar-refractivity contribution in [2.75, 3.05) is 21.3 Å². The fourth-order valence-corrected chi connectivity index (χ4v) is 3.05. The van der Waals surface area contributed by atoms with Gasteiger partial charge in [0.05, 0.1) is 31.2 Å². The Labute approximate surface area is 158 Å². The quantitative estimate of drug-likeness (QED) is 0.751. The molecular formula is C21H23N3O3. The highest BCUT2D eigenvalue weighted by Crippen LogP contribution is 2.39. The smallest absolute Gasteiger partial charge is 0.271 e. The second kappa shape index (κ2) is 7.53. The molecule has 6 nitrogen and oxygen atoms in total. The summed E-state index contributed by atoms with van der Waals surface area (Å²) in [6.07, 6.45) is 0. The topological polar surface area (TPSA) is 65.4 Å². The van der Waals surface area contributed by atoms with Crippen molar-refractivity contribution >= 4 is 5.91 Å². The van der Waals surface area contributed by atoms with Crippen LogP contribution in [0.4, 0.5) is 0 Å². The first-order valence-electron chi connectivity index (χ1n) is 8.62. The third-order valence-corrected chi connectivity index (χ3v) is 4.66. The number of methoxy groups -OCH3 is 2. The summed E-state index contributed by atoms with van der Waals surface area (Å²) >= 11 is 0. The molecule has 0 fully saturated rings. The van der Waals surface area contributed by atoms with Gasteiger partial charge in [0.1, 0.15) is 11.5 Å². The van der Waals surface area contributed by atoms with Crippen LogP contribution in [0, 0.1) is 13.8 Å². The molecule has 0 spiro atoms. The van der Waals surface area contributed by atoms with Gasteiger partial charge in [-0.3, -0.25) is 4.79 Å². The molecule has 0 unspecified atom stereocenters. The molecule has 3 aromatic rings. The molecule has 140 valence electrons. The molecule has 1 amide bonds. The number of hydrogen-bond donors (Lipinski definition) is 1. The number of benzene rings is 2. The summed E-state index contributed by atoms with van der Waals surface area (Å²) in [5, 5.41) is 7.20. The third kappa shape index (κ3) is 3.26. The Bertz CT molecular complexity index is 970. The van der Waals surface area contributed by atoms with Crippen LogP contribution in [0.15, 0.2) is 42.5 Å². The summed E-state index contributed by atoms with van der Waals surface area (Å²) in [5.74, 6) is 1.03. The molecule has 27 heavy (non-hydrogen) atoms. The van der Waals surface area contributed by atoms with Crippen LogP contribution in [0.5, 0.6) is 11.5 Å². The Balaban J connectivity index is 2.35. The molecule has 0 atom stereocenters. The molecule has 0 bridgehead atoms. The van der Waals surface area contributed by atoms with Crippen LogP contribution in [0.1, 0.15) is 21.6 Å². The second-order valence-corrected chi connectivity index (χ2v) is 6.16. The molecule has 0 aliphatic carbocycles. The molecule has 1 heterocycles. The van der Waals surface area contributed by atoms with E-state index in [9.17, 15) is 4.79 Å². The van der Waals surface area contributed by atoms with Crippen molar-refractivity contribution in [1.29, 1.82) is 0 Å². The van der Waals surface area contributed by atoms with Gasteiger partial charge in [-0.05, 0) is 49.2 Å². The van der Waals surface area contributed by atoms with Crippen LogP contribution in [0.25, 0.3) is 16.9 Å². The van der Waals surface area contributed by atoms with Gasteiger partial charge in [-0.15, -0.1) is 0 Å². The van der Waals surface area contributed by atoms with Crippen LogP contribution >= 0.6 is 0 Å². The lowest BCUT2D eigenvalue weighted by molar-refractivity contribution is 0.0957. The number of ether oxygens (including phenoxy) is 2. The van der Waals surface area contributed by atoms with Gasteiger partial charge in [0.2, 0.25) is 0 Å². The molecule has 0 saturated heterocycles. The maximum Gasteiger partial charge on any atom is 0.271 e. The van der Waals surface area contributed by atoms with Gasteiger partial charge in [-0.2, -0.15) is 5.10 Å². The van der Waals surface area contributed by atoms with E-state index in [0.717, 1.165) is 28.1 Å². The maximum absolute atomic E-state index is 12.3. The molecule has 3 rings (SSSR count). The van der Waals surface area contributed by atoms with Gasteiger partial charge in [0.25, 0.3) is 5.91 Å². The summed E-state index contributed by atoms with van der Waals surface area (Å²) in [7, 11) is 4.80. The first kappa shape index (κ1) is 18.5. The minimum Gasteiger partial charge on any atom is -0.496 e. The van der Waals surface area contributed by atoms with Crippen molar-refractivity contribution < 1.29 is 14.3 Å². The number of amides is 1. The van der Waals surface area contributed by atoms with E-state index >= 15 is 0 Å². The van der Waals surface area contributed by atoms with Gasteiger partial charge in [0, 0.05) is 7.05 Å². The lowest BCUT2D eigenvalue weighted by Crippen LogP contribution is -2.18. The van der Waals surface area contributed by atoms with E-state index in [4.69, 9.17) is 9.47 Å². The number of aromatic nitrogens is 2. The average molecular weight is 365 g/mol. The predicted octanol–water partition coefficient (Wildman–Crippen LogP) is 3.53. The third-order valence-electron chi connectivity index (χ3n) is 4.66. The van der Waals surface area contributed by atoms with E-state index in [-0.39, 0.29) is 5.91 Å². The highest BCUT2D eigenvalue weighted by atomic mass is 16.5. The van der Waals surface area contributed by atoms with Crippen molar-refractivity contribution in [2.45, 2.75) is 13.8 Å². The van der Waals surface area contributed by atoms with Crippen LogP contribution in [0.3, 0.4) is 0 Å². The first-order valence-corrected chi connectivity index (χ1v) is 8.62. The Hall–Kier alpha value is -3.28. The molecule has 1 aromatic heterocycles. The summed E-state index contributed by atoms with van der Waals surface area (Å²) in [4.78, 5) is 12.3. The minimum absolute atomic E-state index is 0.255. The number of carbonyl (C=O) groups is 1. The second-order valence-electron chi connectivity index (χ2n) is 6.16. The zero-order chi connectivity index (χ0) is 19.6. The average Bonchev–Trinajstić information content (AvgIpc) is 3.13. The molecule has 2 aromatic carbocycles. The Kier molecular flexibility index (Phi) is 5.16. The number of nitrogens with one attached hydrogen (secondary N) is 1. The maximum atomic E-state index is 12.3. The monoisotopic (exact) mass is 365 g/mol. The summed E-state index contributed by atoms with van der Waals surface area (Å²) in [6.45, 7) is 4.08. The zero-order valence-electron chi connectivity index (χ0n) is 16.2. The number of rotatable bonds is 5. The van der Waals surface area contributed by atoms with E-state index in [2.05, 4.69) is 10.4 Å². The first-order chi connectivity index (χ1) is 13.0. The van der Waals surface area contributed by atoms with E-state index in [1.165, 1.54) is 0 Å². The van der Waals surface area contributed by atoms with E-state index in [1.54, 1.807) is 32.0 Å². The van der Waals surface area contributed by atoms with Gasteiger partial charge in [-0.1, -0.05) is 18.2 Å². The zero-order valence-corrected chi connectivity index (χ0v) is 16.2. The van der Waals surface area contributed by atoms with Crippen molar-refractivity contribution in [1.82, 2.24) is 15.1 Å². The number of hydrogen-bond acceptors (Lipinski definition) is 4. The van der Waals surface area contributed by atoms with Gasteiger partial charge in [0.15, 0.2) is 5.69 Å². The van der Waals surface area contributed by atoms with Crippen molar-refractivity contribution in [3.05, 3.63) is 59.3 Å². The Morgan fingerprint density at radius 2 is 1.67 bits per heavy atom. The SMILES string of the molecule is CNC(=O)c1cc(-c2c(OC)cccc2OC)n(-c2cccc(C)c2C)n1. The number of nitrogens with zero attached hydrogens (tertiary/aromatic N) is 2. The summed E-state index contributed by atoms with van der Waals surface area (Å²) in [5.41, 5.74) is 4.90. The molecule has 0 aliphatic heterocycles. The number of aryl methyl sites for hydroxylation is 1. The fourth-order valence-electron chi connectivity index (χ4n) is 3.05. The van der Waals surface area contributed by atoms with E-state index in [0.29, 0.717) is 17.2 Å². The van der Waals surface area contributed by atoms with Gasteiger partial charge >= 0.3 is 0 Å². The van der Waals surface area contributed by atoms with Crippen molar-refractivity contribution in [3.8, 4) is 28.4 Å². The molecule has 1 N–H and O–H groups in total. The van der Waals surface area contributed by atoms with Crippen molar-refractivity contribution in [2.24, 2.45) is 0 Å². The molecule has 0 aliphatic rings. The Morgan fingerprint density at radius 3 is 2.26 bits per heavy atom. The fraction of sp³-hybridized carbons (Fsp3) is 0.238.